The third-order valence-electron chi connectivity index (χ3n) is 3.33. The lowest BCUT2D eigenvalue weighted by Crippen LogP contribution is -2.66. The van der Waals surface area contributed by atoms with Crippen molar-refractivity contribution >= 4 is 27.3 Å². The molecule has 8 nitrogen and oxygen atoms in total. The average Bonchev–Trinajstić information content (AvgIpc) is 2.36. The molecule has 1 heterocycles. The van der Waals surface area contributed by atoms with Gasteiger partial charge in [0.05, 0.1) is 11.5 Å². The van der Waals surface area contributed by atoms with Gasteiger partial charge in [0.2, 0.25) is 0 Å². The van der Waals surface area contributed by atoms with Gasteiger partial charge in [-0.25, -0.2) is 12.7 Å². The summed E-state index contributed by atoms with van der Waals surface area (Å²) in [6, 6.07) is 3.70. The SMILES string of the molecule is CC1(C)C(=O)N(Cc2cc([N+](=O)[O-])ccc2N)S1(=O)=O. The number of rotatable bonds is 3. The standard InChI is InChI=1S/C11H13N3O5S/c1-11(2)10(15)13(20(11,18)19)6-7-5-8(14(16)17)3-4-9(7)12/h3-5H,6,12H2,1-2H3. The normalized spacial score (nSPS) is 19.5. The number of non-ortho nitro benzene ring substituents is 1. The van der Waals surface area contributed by atoms with Crippen molar-refractivity contribution in [3.8, 4) is 0 Å². The van der Waals surface area contributed by atoms with Crippen molar-refractivity contribution in [2.45, 2.75) is 25.1 Å². The number of amides is 1. The van der Waals surface area contributed by atoms with E-state index in [9.17, 15) is 23.3 Å². The fourth-order valence-corrected chi connectivity index (χ4v) is 3.42. The number of carbonyl (C=O) groups excluding carboxylic acids is 1. The zero-order chi connectivity index (χ0) is 15.3. The molecule has 0 unspecified atom stereocenters. The maximum absolute atomic E-state index is 11.9. The predicted molar refractivity (Wildman–Crippen MR) is 71.1 cm³/mol. The zero-order valence-electron chi connectivity index (χ0n) is 10.9. The van der Waals surface area contributed by atoms with Crippen LogP contribution >= 0.6 is 0 Å². The molecule has 9 heteroatoms. The van der Waals surface area contributed by atoms with E-state index in [0.717, 1.165) is 0 Å². The van der Waals surface area contributed by atoms with Crippen LogP contribution in [0.2, 0.25) is 0 Å². The predicted octanol–water partition coefficient (Wildman–Crippen LogP) is 0.628. The third kappa shape index (κ3) is 1.82. The molecule has 2 N–H and O–H groups in total. The van der Waals surface area contributed by atoms with Crippen molar-refractivity contribution in [3.63, 3.8) is 0 Å². The highest BCUT2D eigenvalue weighted by atomic mass is 32.2. The number of nitrogens with two attached hydrogens (primary N) is 1. The lowest BCUT2D eigenvalue weighted by atomic mass is 10.1. The van der Waals surface area contributed by atoms with Crippen molar-refractivity contribution in [2.75, 3.05) is 5.73 Å². The Morgan fingerprint density at radius 2 is 2.00 bits per heavy atom. The largest absolute Gasteiger partial charge is 0.398 e. The Hall–Kier alpha value is -2.16. The topological polar surface area (TPSA) is 124 Å². The Kier molecular flexibility index (Phi) is 2.97. The van der Waals surface area contributed by atoms with E-state index in [4.69, 9.17) is 5.73 Å². The molecule has 108 valence electrons. The Morgan fingerprint density at radius 1 is 1.40 bits per heavy atom. The first kappa shape index (κ1) is 14.3. The Morgan fingerprint density at radius 3 is 2.50 bits per heavy atom. The number of nitro groups is 1. The van der Waals surface area contributed by atoms with Crippen LogP contribution in [0.4, 0.5) is 11.4 Å². The van der Waals surface area contributed by atoms with Crippen molar-refractivity contribution in [2.24, 2.45) is 0 Å². The smallest absolute Gasteiger partial charge is 0.269 e. The van der Waals surface area contributed by atoms with Crippen LogP contribution in [0.5, 0.6) is 0 Å². The number of sulfonamides is 1. The van der Waals surface area contributed by atoms with E-state index in [2.05, 4.69) is 0 Å². The van der Waals surface area contributed by atoms with E-state index >= 15 is 0 Å². The van der Waals surface area contributed by atoms with Crippen LogP contribution in [-0.4, -0.2) is 28.3 Å². The highest BCUT2D eigenvalue weighted by Crippen LogP contribution is 2.37. The van der Waals surface area contributed by atoms with E-state index in [1.165, 1.54) is 32.0 Å². The fraction of sp³-hybridized carbons (Fsp3) is 0.364. The van der Waals surface area contributed by atoms with E-state index in [1.807, 2.05) is 0 Å². The second kappa shape index (κ2) is 4.17. The Labute approximate surface area is 115 Å². The van der Waals surface area contributed by atoms with Gasteiger partial charge in [-0.15, -0.1) is 0 Å². The van der Waals surface area contributed by atoms with Crippen LogP contribution < -0.4 is 5.73 Å². The minimum absolute atomic E-state index is 0.198. The number of nitrogen functional groups attached to an aromatic ring is 1. The summed E-state index contributed by atoms with van der Waals surface area (Å²) in [5.74, 6) is -0.552. The summed E-state index contributed by atoms with van der Waals surface area (Å²) in [6.45, 7) is 2.34. The van der Waals surface area contributed by atoms with E-state index in [0.29, 0.717) is 4.31 Å². The van der Waals surface area contributed by atoms with Gasteiger partial charge in [0.1, 0.15) is 0 Å². The number of hydrogen-bond acceptors (Lipinski definition) is 6. The average molecular weight is 299 g/mol. The Bertz CT molecular complexity index is 711. The lowest BCUT2D eigenvalue weighted by Gasteiger charge is -2.43. The zero-order valence-corrected chi connectivity index (χ0v) is 11.7. The molecule has 1 aliphatic rings. The van der Waals surface area contributed by atoms with Gasteiger partial charge in [0.15, 0.2) is 4.75 Å². The highest BCUT2D eigenvalue weighted by Gasteiger charge is 2.60. The molecule has 0 aromatic heterocycles. The van der Waals surface area contributed by atoms with E-state index in [-0.39, 0.29) is 23.5 Å². The minimum atomic E-state index is -3.74. The van der Waals surface area contributed by atoms with Gasteiger partial charge in [-0.2, -0.15) is 0 Å². The van der Waals surface area contributed by atoms with Gasteiger partial charge in [0, 0.05) is 23.4 Å². The summed E-state index contributed by atoms with van der Waals surface area (Å²) in [5, 5.41) is 10.7. The molecule has 0 bridgehead atoms. The van der Waals surface area contributed by atoms with Crippen LogP contribution in [0.1, 0.15) is 19.4 Å². The summed E-state index contributed by atoms with van der Waals surface area (Å²) in [6.07, 6.45) is 0. The summed E-state index contributed by atoms with van der Waals surface area (Å²) in [7, 11) is -3.74. The van der Waals surface area contributed by atoms with Crippen molar-refractivity contribution in [1.29, 1.82) is 0 Å². The number of anilines is 1. The summed E-state index contributed by atoms with van der Waals surface area (Å²) in [5.41, 5.74) is 5.88. The second-order valence-electron chi connectivity index (χ2n) is 4.97. The number of benzene rings is 1. The summed E-state index contributed by atoms with van der Waals surface area (Å²) in [4.78, 5) is 21.9. The van der Waals surface area contributed by atoms with Gasteiger partial charge in [-0.05, 0) is 19.9 Å². The molecule has 0 saturated carbocycles. The van der Waals surface area contributed by atoms with Crippen LogP contribution in [0, 0.1) is 10.1 Å². The van der Waals surface area contributed by atoms with Crippen LogP contribution in [0.15, 0.2) is 18.2 Å². The van der Waals surface area contributed by atoms with Gasteiger partial charge in [-0.1, -0.05) is 0 Å². The third-order valence-corrected chi connectivity index (χ3v) is 5.67. The van der Waals surface area contributed by atoms with Crippen molar-refractivity contribution in [1.82, 2.24) is 4.31 Å². The molecule has 1 saturated heterocycles. The summed E-state index contributed by atoms with van der Waals surface area (Å²) >= 11 is 0. The van der Waals surface area contributed by atoms with Crippen molar-refractivity contribution in [3.05, 3.63) is 33.9 Å². The highest BCUT2D eigenvalue weighted by molar-refractivity contribution is 7.94. The first-order valence-electron chi connectivity index (χ1n) is 5.68. The number of hydrogen-bond donors (Lipinski definition) is 1. The van der Waals surface area contributed by atoms with Gasteiger partial charge in [0.25, 0.3) is 21.6 Å². The van der Waals surface area contributed by atoms with Crippen LogP contribution in [0.3, 0.4) is 0 Å². The molecule has 1 aromatic rings. The molecule has 20 heavy (non-hydrogen) atoms. The van der Waals surface area contributed by atoms with Crippen LogP contribution in [-0.2, 0) is 21.4 Å². The van der Waals surface area contributed by atoms with Crippen LogP contribution in [0.25, 0.3) is 0 Å². The molecule has 2 rings (SSSR count). The van der Waals surface area contributed by atoms with Gasteiger partial charge >= 0.3 is 0 Å². The molecule has 1 fully saturated rings. The molecule has 1 amide bonds. The lowest BCUT2D eigenvalue weighted by molar-refractivity contribution is -0.384. The molecule has 0 radical (unpaired) electrons. The summed E-state index contributed by atoms with van der Waals surface area (Å²) < 4.78 is 23.1. The number of nitro benzene ring substituents is 1. The van der Waals surface area contributed by atoms with E-state index in [1.54, 1.807) is 0 Å². The Balaban J connectivity index is 2.35. The van der Waals surface area contributed by atoms with E-state index < -0.39 is 25.6 Å². The molecule has 0 spiro atoms. The molecule has 0 aliphatic carbocycles. The quantitative estimate of drug-likeness (QED) is 0.496. The number of nitrogens with zero attached hydrogens (tertiary/aromatic N) is 2. The first-order chi connectivity index (χ1) is 9.09. The first-order valence-corrected chi connectivity index (χ1v) is 7.12. The molecule has 1 aromatic carbocycles. The number of carbonyl (C=O) groups is 1. The molecular formula is C11H13N3O5S. The molecule has 0 atom stereocenters. The molecular weight excluding hydrogens is 286 g/mol. The maximum atomic E-state index is 11.9. The second-order valence-corrected chi connectivity index (χ2v) is 7.38. The van der Waals surface area contributed by atoms with Gasteiger partial charge in [-0.3, -0.25) is 14.9 Å². The monoisotopic (exact) mass is 299 g/mol. The minimum Gasteiger partial charge on any atom is -0.398 e. The maximum Gasteiger partial charge on any atom is 0.269 e. The fourth-order valence-electron chi connectivity index (χ4n) is 1.91. The van der Waals surface area contributed by atoms with Gasteiger partial charge < -0.3 is 5.73 Å². The molecule has 1 aliphatic heterocycles. The van der Waals surface area contributed by atoms with Crippen molar-refractivity contribution < 1.29 is 18.1 Å².